The number of benzene rings is 2. The van der Waals surface area contributed by atoms with Crippen molar-refractivity contribution in [1.29, 1.82) is 0 Å². The van der Waals surface area contributed by atoms with Gasteiger partial charge in [-0.15, -0.1) is 0 Å². The summed E-state index contributed by atoms with van der Waals surface area (Å²) in [6, 6.07) is 12.2. The van der Waals surface area contributed by atoms with Gasteiger partial charge in [0.15, 0.2) is 5.11 Å². The average Bonchev–Trinajstić information content (AvgIpc) is 2.65. The molecule has 0 bridgehead atoms. The molecule has 7 heteroatoms. The molecule has 0 saturated carbocycles. The van der Waals surface area contributed by atoms with E-state index in [0.717, 1.165) is 19.3 Å². The lowest BCUT2D eigenvalue weighted by molar-refractivity contribution is 0.0973. The summed E-state index contributed by atoms with van der Waals surface area (Å²) in [5.41, 5.74) is 1.08. The summed E-state index contributed by atoms with van der Waals surface area (Å²) in [4.78, 5) is 12.6. The van der Waals surface area contributed by atoms with Crippen LogP contribution in [0.25, 0.3) is 0 Å². The Bertz CT molecular complexity index is 799. The molecule has 0 aliphatic rings. The second kappa shape index (κ2) is 10.7. The summed E-state index contributed by atoms with van der Waals surface area (Å²) >= 11 is 11.3. The molecule has 5 nitrogen and oxygen atoms in total. The highest BCUT2D eigenvalue weighted by Gasteiger charge is 2.14. The molecule has 2 rings (SSSR count). The molecule has 2 N–H and O–H groups in total. The summed E-state index contributed by atoms with van der Waals surface area (Å²) < 4.78 is 10.9. The van der Waals surface area contributed by atoms with Crippen molar-refractivity contribution in [2.45, 2.75) is 26.2 Å². The molecule has 0 fully saturated rings. The number of rotatable bonds is 8. The normalized spacial score (nSPS) is 10.2. The molecule has 0 aliphatic heterocycles. The van der Waals surface area contributed by atoms with E-state index in [2.05, 4.69) is 17.6 Å². The first-order chi connectivity index (χ1) is 13.0. The van der Waals surface area contributed by atoms with Crippen molar-refractivity contribution in [3.63, 3.8) is 0 Å². The van der Waals surface area contributed by atoms with Crippen molar-refractivity contribution in [3.05, 3.63) is 53.1 Å². The van der Waals surface area contributed by atoms with Gasteiger partial charge in [-0.2, -0.15) is 0 Å². The number of carbonyl (C=O) groups excluding carboxylic acids is 1. The van der Waals surface area contributed by atoms with Crippen LogP contribution < -0.4 is 20.1 Å². The van der Waals surface area contributed by atoms with Crippen LogP contribution in [0.2, 0.25) is 5.02 Å². The van der Waals surface area contributed by atoms with E-state index >= 15 is 0 Å². The number of halogens is 1. The van der Waals surface area contributed by atoms with Gasteiger partial charge in [0.2, 0.25) is 0 Å². The van der Waals surface area contributed by atoms with Gasteiger partial charge in [0.05, 0.1) is 24.3 Å². The quantitative estimate of drug-likeness (QED) is 0.474. The molecule has 0 aliphatic carbocycles. The maximum Gasteiger partial charge on any atom is 0.261 e. The van der Waals surface area contributed by atoms with E-state index in [4.69, 9.17) is 33.3 Å². The number of unbranched alkanes of at least 4 members (excludes halogenated alkanes) is 2. The zero-order valence-corrected chi connectivity index (χ0v) is 17.0. The minimum absolute atomic E-state index is 0.169. The Morgan fingerprint density at radius 3 is 2.63 bits per heavy atom. The maximum absolute atomic E-state index is 12.6. The van der Waals surface area contributed by atoms with Crippen LogP contribution in [0, 0.1) is 0 Å². The van der Waals surface area contributed by atoms with Crippen LogP contribution in [-0.2, 0) is 0 Å². The molecule has 0 aromatic heterocycles. The number of anilines is 1. The minimum Gasteiger partial charge on any atom is -0.495 e. The van der Waals surface area contributed by atoms with Crippen molar-refractivity contribution in [3.8, 4) is 11.5 Å². The van der Waals surface area contributed by atoms with Crippen LogP contribution in [-0.4, -0.2) is 24.7 Å². The first-order valence-electron chi connectivity index (χ1n) is 8.72. The van der Waals surface area contributed by atoms with Crippen molar-refractivity contribution >= 4 is 40.5 Å². The van der Waals surface area contributed by atoms with Gasteiger partial charge in [-0.3, -0.25) is 10.1 Å². The van der Waals surface area contributed by atoms with Gasteiger partial charge < -0.3 is 14.8 Å². The minimum atomic E-state index is -0.335. The monoisotopic (exact) mass is 406 g/mol. The second-order valence-corrected chi connectivity index (χ2v) is 6.62. The fraction of sp³-hybridized carbons (Fsp3) is 0.300. The van der Waals surface area contributed by atoms with Crippen LogP contribution in [0.15, 0.2) is 42.5 Å². The van der Waals surface area contributed by atoms with Crippen LogP contribution in [0.5, 0.6) is 11.5 Å². The van der Waals surface area contributed by atoms with Crippen molar-refractivity contribution < 1.29 is 14.3 Å². The molecule has 0 heterocycles. The molecule has 2 aromatic rings. The first kappa shape index (κ1) is 21.0. The smallest absolute Gasteiger partial charge is 0.261 e. The van der Waals surface area contributed by atoms with Gasteiger partial charge in [0.25, 0.3) is 5.91 Å². The highest BCUT2D eigenvalue weighted by molar-refractivity contribution is 7.80. The molecule has 0 atom stereocenters. The van der Waals surface area contributed by atoms with E-state index in [1.165, 1.54) is 0 Å². The Labute approximate surface area is 170 Å². The van der Waals surface area contributed by atoms with Crippen molar-refractivity contribution in [2.75, 3.05) is 19.0 Å². The summed E-state index contributed by atoms with van der Waals surface area (Å²) in [6.07, 6.45) is 3.15. The number of nitrogens with one attached hydrogen (secondary N) is 2. The fourth-order valence-electron chi connectivity index (χ4n) is 2.39. The predicted octanol–water partition coefficient (Wildman–Crippen LogP) is 5.04. The molecule has 27 heavy (non-hydrogen) atoms. The number of thiocarbonyl (C=S) groups is 1. The molecular weight excluding hydrogens is 384 g/mol. The molecule has 0 spiro atoms. The summed E-state index contributed by atoms with van der Waals surface area (Å²) in [7, 11) is 1.54. The van der Waals surface area contributed by atoms with Crippen LogP contribution in [0.1, 0.15) is 36.5 Å². The molecule has 1 amide bonds. The average molecular weight is 407 g/mol. The lowest BCUT2D eigenvalue weighted by Gasteiger charge is -2.13. The van der Waals surface area contributed by atoms with Gasteiger partial charge in [-0.05, 0) is 49.0 Å². The molecule has 144 valence electrons. The van der Waals surface area contributed by atoms with Crippen LogP contribution in [0.4, 0.5) is 5.69 Å². The molecule has 2 aromatic carbocycles. The van der Waals surface area contributed by atoms with E-state index < -0.39 is 0 Å². The Kier molecular flexibility index (Phi) is 8.36. The van der Waals surface area contributed by atoms with E-state index in [1.54, 1.807) is 43.5 Å². The lowest BCUT2D eigenvalue weighted by atomic mass is 10.2. The Balaban J connectivity index is 1.98. The van der Waals surface area contributed by atoms with Gasteiger partial charge >= 0.3 is 0 Å². The van der Waals surface area contributed by atoms with Gasteiger partial charge in [-0.25, -0.2) is 0 Å². The summed E-state index contributed by atoms with van der Waals surface area (Å²) in [5.74, 6) is 0.769. The number of methoxy groups -OCH3 is 1. The number of ether oxygens (including phenoxy) is 2. The summed E-state index contributed by atoms with van der Waals surface area (Å²) in [6.45, 7) is 2.70. The van der Waals surface area contributed by atoms with Crippen LogP contribution >= 0.6 is 23.8 Å². The predicted molar refractivity (Wildman–Crippen MR) is 113 cm³/mol. The number of amides is 1. The maximum atomic E-state index is 12.6. The van der Waals surface area contributed by atoms with Gasteiger partial charge in [0, 0.05) is 5.69 Å². The van der Waals surface area contributed by atoms with Crippen molar-refractivity contribution in [1.82, 2.24) is 5.32 Å². The first-order valence-corrected chi connectivity index (χ1v) is 9.51. The largest absolute Gasteiger partial charge is 0.495 e. The number of hydrogen-bond donors (Lipinski definition) is 2. The fourth-order valence-corrected chi connectivity index (χ4v) is 2.86. The second-order valence-electron chi connectivity index (χ2n) is 5.81. The third-order valence-corrected chi connectivity index (χ3v) is 4.27. The van der Waals surface area contributed by atoms with Gasteiger partial charge in [-0.1, -0.05) is 43.5 Å². The zero-order chi connectivity index (χ0) is 19.6. The SMILES string of the molecule is CCCCCOc1ccccc1C(=O)NC(=S)Nc1ccc(OC)c(Cl)c1. The van der Waals surface area contributed by atoms with E-state index in [-0.39, 0.29) is 11.0 Å². The Hall–Kier alpha value is -2.31. The topological polar surface area (TPSA) is 59.6 Å². The van der Waals surface area contributed by atoms with E-state index in [1.807, 2.05) is 6.07 Å². The zero-order valence-electron chi connectivity index (χ0n) is 15.4. The van der Waals surface area contributed by atoms with E-state index in [9.17, 15) is 4.79 Å². The third kappa shape index (κ3) is 6.41. The van der Waals surface area contributed by atoms with Crippen LogP contribution in [0.3, 0.4) is 0 Å². The molecule has 0 saturated heterocycles. The molecule has 0 radical (unpaired) electrons. The Morgan fingerprint density at radius 2 is 1.93 bits per heavy atom. The highest BCUT2D eigenvalue weighted by atomic mass is 35.5. The molecule has 0 unspecified atom stereocenters. The standard InChI is InChI=1S/C20H23ClN2O3S/c1-3-4-7-12-26-17-9-6-5-8-15(17)19(24)23-20(27)22-14-10-11-18(25-2)16(21)13-14/h5-6,8-11,13H,3-4,7,12H2,1-2H3,(H2,22,23,24,27). The van der Waals surface area contributed by atoms with Gasteiger partial charge in [0.1, 0.15) is 11.5 Å². The van der Waals surface area contributed by atoms with Crippen molar-refractivity contribution in [2.24, 2.45) is 0 Å². The highest BCUT2D eigenvalue weighted by Crippen LogP contribution is 2.27. The number of para-hydroxylation sites is 1. The summed E-state index contributed by atoms with van der Waals surface area (Å²) in [5, 5.41) is 6.21. The number of hydrogen-bond acceptors (Lipinski definition) is 4. The molecular formula is C20H23ClN2O3S. The number of carbonyl (C=O) groups is 1. The Morgan fingerprint density at radius 1 is 1.15 bits per heavy atom. The third-order valence-electron chi connectivity index (χ3n) is 3.77. The lowest BCUT2D eigenvalue weighted by Crippen LogP contribution is -2.34. The van der Waals surface area contributed by atoms with E-state index in [0.29, 0.717) is 34.4 Å².